The molecule has 0 unspecified atom stereocenters. The second-order valence-electron chi connectivity index (χ2n) is 5.81. The highest BCUT2D eigenvalue weighted by Gasteiger charge is 2.22. The van der Waals surface area contributed by atoms with Crippen LogP contribution in [0.1, 0.15) is 19.4 Å². The van der Waals surface area contributed by atoms with Gasteiger partial charge in [-0.1, -0.05) is 12.1 Å². The van der Waals surface area contributed by atoms with E-state index in [4.69, 9.17) is 4.74 Å². The SMILES string of the molecule is CC(C)Oc1ccccc1NS(=O)(=O)c1ccc2c(c1)CC(=O)N2. The van der Waals surface area contributed by atoms with Crippen molar-refractivity contribution in [3.05, 3.63) is 48.0 Å². The molecule has 1 amide bonds. The second-order valence-corrected chi connectivity index (χ2v) is 7.49. The number of para-hydroxylation sites is 2. The fraction of sp³-hybridized carbons (Fsp3) is 0.235. The van der Waals surface area contributed by atoms with Crippen LogP contribution in [0, 0.1) is 0 Å². The van der Waals surface area contributed by atoms with Crippen LogP contribution in [0.15, 0.2) is 47.4 Å². The molecule has 1 aliphatic heterocycles. The number of carbonyl (C=O) groups is 1. The Morgan fingerprint density at radius 1 is 1.17 bits per heavy atom. The minimum atomic E-state index is -3.78. The Morgan fingerprint density at radius 3 is 2.67 bits per heavy atom. The summed E-state index contributed by atoms with van der Waals surface area (Å²) in [5.41, 5.74) is 1.71. The highest BCUT2D eigenvalue weighted by molar-refractivity contribution is 7.92. The van der Waals surface area contributed by atoms with E-state index in [1.54, 1.807) is 30.3 Å². The molecule has 0 spiro atoms. The van der Waals surface area contributed by atoms with Gasteiger partial charge in [-0.3, -0.25) is 9.52 Å². The van der Waals surface area contributed by atoms with Crippen LogP contribution in [0.3, 0.4) is 0 Å². The monoisotopic (exact) mass is 346 g/mol. The van der Waals surface area contributed by atoms with Crippen LogP contribution in [0.2, 0.25) is 0 Å². The van der Waals surface area contributed by atoms with E-state index in [2.05, 4.69) is 10.0 Å². The van der Waals surface area contributed by atoms with Gasteiger partial charge in [0.15, 0.2) is 0 Å². The van der Waals surface area contributed by atoms with Gasteiger partial charge in [-0.2, -0.15) is 0 Å². The van der Waals surface area contributed by atoms with Crippen LogP contribution in [-0.4, -0.2) is 20.4 Å². The maximum Gasteiger partial charge on any atom is 0.262 e. The number of nitrogens with one attached hydrogen (secondary N) is 2. The van der Waals surface area contributed by atoms with E-state index in [-0.39, 0.29) is 23.3 Å². The fourth-order valence-corrected chi connectivity index (χ4v) is 3.60. The van der Waals surface area contributed by atoms with Gasteiger partial charge in [-0.05, 0) is 49.7 Å². The van der Waals surface area contributed by atoms with Crippen LogP contribution in [-0.2, 0) is 21.2 Å². The number of hydrogen-bond donors (Lipinski definition) is 2. The van der Waals surface area contributed by atoms with Gasteiger partial charge in [0.2, 0.25) is 5.91 Å². The first-order chi connectivity index (χ1) is 11.3. The molecule has 0 aromatic heterocycles. The first-order valence-electron chi connectivity index (χ1n) is 7.56. The number of fused-ring (bicyclic) bond motifs is 1. The van der Waals surface area contributed by atoms with E-state index in [1.807, 2.05) is 13.8 Å². The highest BCUT2D eigenvalue weighted by atomic mass is 32.2. The van der Waals surface area contributed by atoms with E-state index < -0.39 is 10.0 Å². The smallest absolute Gasteiger partial charge is 0.262 e. The van der Waals surface area contributed by atoms with E-state index in [9.17, 15) is 13.2 Å². The lowest BCUT2D eigenvalue weighted by Crippen LogP contribution is -2.15. The minimum absolute atomic E-state index is 0.0762. The zero-order valence-electron chi connectivity index (χ0n) is 13.4. The van der Waals surface area contributed by atoms with Crippen molar-refractivity contribution >= 4 is 27.3 Å². The Morgan fingerprint density at radius 2 is 1.92 bits per heavy atom. The molecule has 0 aliphatic carbocycles. The molecular formula is C17H18N2O4S. The van der Waals surface area contributed by atoms with Crippen LogP contribution in [0.5, 0.6) is 5.75 Å². The highest BCUT2D eigenvalue weighted by Crippen LogP contribution is 2.30. The molecule has 1 heterocycles. The number of rotatable bonds is 5. The lowest BCUT2D eigenvalue weighted by atomic mass is 10.2. The summed E-state index contributed by atoms with van der Waals surface area (Å²) in [6.45, 7) is 3.74. The van der Waals surface area contributed by atoms with Crippen LogP contribution in [0.4, 0.5) is 11.4 Å². The Labute approximate surface area is 140 Å². The van der Waals surface area contributed by atoms with E-state index in [0.717, 1.165) is 0 Å². The molecule has 24 heavy (non-hydrogen) atoms. The van der Waals surface area contributed by atoms with Crippen molar-refractivity contribution in [2.75, 3.05) is 10.0 Å². The third-order valence-electron chi connectivity index (χ3n) is 3.51. The van der Waals surface area contributed by atoms with Crippen LogP contribution < -0.4 is 14.8 Å². The molecule has 2 N–H and O–H groups in total. The maximum absolute atomic E-state index is 12.6. The zero-order valence-corrected chi connectivity index (χ0v) is 14.2. The number of hydrogen-bond acceptors (Lipinski definition) is 4. The molecule has 7 heteroatoms. The predicted molar refractivity (Wildman–Crippen MR) is 91.8 cm³/mol. The molecule has 6 nitrogen and oxygen atoms in total. The Kier molecular flexibility index (Phi) is 4.19. The van der Waals surface area contributed by atoms with Crippen molar-refractivity contribution in [3.63, 3.8) is 0 Å². The van der Waals surface area contributed by atoms with Crippen molar-refractivity contribution in [2.24, 2.45) is 0 Å². The molecular weight excluding hydrogens is 328 g/mol. The summed E-state index contributed by atoms with van der Waals surface area (Å²) in [5, 5.41) is 2.68. The minimum Gasteiger partial charge on any atom is -0.489 e. The summed E-state index contributed by atoms with van der Waals surface area (Å²) in [6.07, 6.45) is 0.110. The molecule has 0 bridgehead atoms. The normalized spacial score (nSPS) is 13.5. The molecule has 0 saturated carbocycles. The molecule has 0 fully saturated rings. The summed E-state index contributed by atoms with van der Waals surface area (Å²) < 4.78 is 33.5. The van der Waals surface area contributed by atoms with Gasteiger partial charge in [0, 0.05) is 5.69 Å². The first-order valence-corrected chi connectivity index (χ1v) is 9.05. The number of sulfonamides is 1. The molecule has 1 aliphatic rings. The Balaban J connectivity index is 1.90. The molecule has 3 rings (SSSR count). The van der Waals surface area contributed by atoms with Crippen molar-refractivity contribution in [2.45, 2.75) is 31.3 Å². The molecule has 0 saturated heterocycles. The van der Waals surface area contributed by atoms with Crippen molar-refractivity contribution < 1.29 is 17.9 Å². The van der Waals surface area contributed by atoms with Crippen molar-refractivity contribution in [1.82, 2.24) is 0 Å². The third kappa shape index (κ3) is 3.35. The van der Waals surface area contributed by atoms with Gasteiger partial charge in [0.1, 0.15) is 5.75 Å². The summed E-state index contributed by atoms with van der Waals surface area (Å²) >= 11 is 0. The summed E-state index contributed by atoms with van der Waals surface area (Å²) in [7, 11) is -3.78. The Hall–Kier alpha value is -2.54. The molecule has 0 radical (unpaired) electrons. The standard InChI is InChI=1S/C17H18N2O4S/c1-11(2)23-16-6-4-3-5-15(16)19-24(21,22)13-7-8-14-12(9-13)10-17(20)18-14/h3-9,11,19H,10H2,1-2H3,(H,18,20). The average Bonchev–Trinajstić information content (AvgIpc) is 2.87. The van der Waals surface area contributed by atoms with Gasteiger partial charge in [-0.25, -0.2) is 8.42 Å². The largest absolute Gasteiger partial charge is 0.489 e. The fourth-order valence-electron chi connectivity index (χ4n) is 2.48. The van der Waals surface area contributed by atoms with Crippen LogP contribution >= 0.6 is 0 Å². The second kappa shape index (κ2) is 6.16. The first kappa shape index (κ1) is 16.3. The number of anilines is 2. The molecule has 126 valence electrons. The molecule has 0 atom stereocenters. The van der Waals surface area contributed by atoms with Gasteiger partial charge in [0.25, 0.3) is 10.0 Å². The van der Waals surface area contributed by atoms with E-state index >= 15 is 0 Å². The van der Waals surface area contributed by atoms with Gasteiger partial charge < -0.3 is 10.1 Å². The van der Waals surface area contributed by atoms with Crippen LogP contribution in [0.25, 0.3) is 0 Å². The molecule has 2 aromatic carbocycles. The third-order valence-corrected chi connectivity index (χ3v) is 4.87. The maximum atomic E-state index is 12.6. The van der Waals surface area contributed by atoms with Gasteiger partial charge in [-0.15, -0.1) is 0 Å². The average molecular weight is 346 g/mol. The number of carbonyl (C=O) groups excluding carboxylic acids is 1. The number of amides is 1. The topological polar surface area (TPSA) is 84.5 Å². The quantitative estimate of drug-likeness (QED) is 0.872. The summed E-state index contributed by atoms with van der Waals surface area (Å²) in [4.78, 5) is 11.5. The van der Waals surface area contributed by atoms with Crippen molar-refractivity contribution in [3.8, 4) is 5.75 Å². The number of ether oxygens (including phenoxy) is 1. The summed E-state index contributed by atoms with van der Waals surface area (Å²) in [5.74, 6) is 0.331. The molecule has 2 aromatic rings. The Bertz CT molecular complexity index is 891. The summed E-state index contributed by atoms with van der Waals surface area (Å²) in [6, 6.07) is 11.5. The lowest BCUT2D eigenvalue weighted by molar-refractivity contribution is -0.115. The van der Waals surface area contributed by atoms with E-state index in [1.165, 1.54) is 12.1 Å². The van der Waals surface area contributed by atoms with Crippen molar-refractivity contribution in [1.29, 1.82) is 0 Å². The van der Waals surface area contributed by atoms with Gasteiger partial charge >= 0.3 is 0 Å². The zero-order chi connectivity index (χ0) is 17.3. The lowest BCUT2D eigenvalue weighted by Gasteiger charge is -2.15. The number of benzene rings is 2. The van der Waals surface area contributed by atoms with E-state index in [0.29, 0.717) is 22.7 Å². The van der Waals surface area contributed by atoms with Gasteiger partial charge in [0.05, 0.1) is 23.1 Å². The predicted octanol–water partition coefficient (Wildman–Crippen LogP) is 2.77.